The summed E-state index contributed by atoms with van der Waals surface area (Å²) in [6.45, 7) is 10.4. The number of piperazine rings is 1. The highest BCUT2D eigenvalue weighted by Crippen LogP contribution is 2.24. The minimum absolute atomic E-state index is 0.695. The van der Waals surface area contributed by atoms with Crippen molar-refractivity contribution in [3.63, 3.8) is 0 Å². The molecule has 2 aromatic carbocycles. The van der Waals surface area contributed by atoms with E-state index in [0.717, 1.165) is 49.8 Å². The topological polar surface area (TPSA) is 29.2 Å². The van der Waals surface area contributed by atoms with Gasteiger partial charge in [-0.3, -0.25) is 9.47 Å². The highest BCUT2D eigenvalue weighted by atomic mass is 35.5. The molecule has 4 rings (SSSR count). The molecule has 2 heterocycles. The molecule has 1 fully saturated rings. The first kappa shape index (κ1) is 20.3. The molecule has 0 amide bonds. The van der Waals surface area contributed by atoms with Gasteiger partial charge in [0, 0.05) is 36.8 Å². The number of hydrogen-bond acceptors (Lipinski definition) is 4. The summed E-state index contributed by atoms with van der Waals surface area (Å²) in [4.78, 5) is 4.89. The van der Waals surface area contributed by atoms with Crippen LogP contribution in [-0.4, -0.2) is 56.9 Å². The SMILES string of the molecule is CCN1CCN(Cn2nc(-c3ccc(C)cc3)n(-c3ccc(Cl)cc3)c2=S)CC1. The van der Waals surface area contributed by atoms with Crippen LogP contribution in [0.1, 0.15) is 12.5 Å². The van der Waals surface area contributed by atoms with Crippen molar-refractivity contribution in [3.05, 3.63) is 63.9 Å². The van der Waals surface area contributed by atoms with Gasteiger partial charge in [0.05, 0.1) is 12.4 Å². The normalized spacial score (nSPS) is 15.7. The minimum atomic E-state index is 0.695. The van der Waals surface area contributed by atoms with E-state index >= 15 is 0 Å². The van der Waals surface area contributed by atoms with Crippen molar-refractivity contribution in [3.8, 4) is 17.1 Å². The van der Waals surface area contributed by atoms with Crippen molar-refractivity contribution in [2.45, 2.75) is 20.5 Å². The van der Waals surface area contributed by atoms with Gasteiger partial charge >= 0.3 is 0 Å². The van der Waals surface area contributed by atoms with Crippen LogP contribution in [0.3, 0.4) is 0 Å². The summed E-state index contributed by atoms with van der Waals surface area (Å²) in [5.41, 5.74) is 3.24. The predicted octanol–water partition coefficient (Wildman–Crippen LogP) is 4.63. The number of likely N-dealkylation sites (N-methyl/N-ethyl adjacent to an activating group) is 1. The molecule has 7 heteroatoms. The molecule has 0 unspecified atom stereocenters. The van der Waals surface area contributed by atoms with Gasteiger partial charge in [-0.05, 0) is 50.0 Å². The fourth-order valence-electron chi connectivity index (χ4n) is 3.65. The van der Waals surface area contributed by atoms with Gasteiger partial charge in [0.25, 0.3) is 0 Å². The standard InChI is InChI=1S/C22H26ClN5S/c1-3-25-12-14-26(15-13-25)16-27-22(29)28(20-10-8-19(23)9-11-20)21(24-27)18-6-4-17(2)5-7-18/h4-11H,3,12-16H2,1-2H3. The molecule has 0 radical (unpaired) electrons. The lowest BCUT2D eigenvalue weighted by molar-refractivity contribution is 0.106. The second-order valence-corrected chi connectivity index (χ2v) is 8.28. The second kappa shape index (κ2) is 8.79. The van der Waals surface area contributed by atoms with Crippen LogP contribution in [0, 0.1) is 11.7 Å². The Labute approximate surface area is 182 Å². The third-order valence-corrected chi connectivity index (χ3v) is 6.13. The van der Waals surface area contributed by atoms with Gasteiger partial charge in [-0.25, -0.2) is 4.68 Å². The molecule has 0 spiro atoms. The van der Waals surface area contributed by atoms with Crippen LogP contribution in [0.4, 0.5) is 0 Å². The number of nitrogens with zero attached hydrogens (tertiary/aromatic N) is 5. The molecule has 0 bridgehead atoms. The van der Waals surface area contributed by atoms with Crippen molar-refractivity contribution in [1.29, 1.82) is 0 Å². The Morgan fingerprint density at radius 2 is 1.55 bits per heavy atom. The molecule has 1 aliphatic heterocycles. The van der Waals surface area contributed by atoms with Gasteiger partial charge in [0.1, 0.15) is 0 Å². The molecule has 0 atom stereocenters. The summed E-state index contributed by atoms with van der Waals surface area (Å²) in [6, 6.07) is 16.2. The van der Waals surface area contributed by atoms with Crippen LogP contribution in [0.15, 0.2) is 48.5 Å². The average molecular weight is 428 g/mol. The van der Waals surface area contributed by atoms with Gasteiger partial charge in [-0.1, -0.05) is 48.4 Å². The molecule has 1 aromatic heterocycles. The Morgan fingerprint density at radius 1 is 0.931 bits per heavy atom. The Hall–Kier alpha value is -1.99. The summed E-state index contributed by atoms with van der Waals surface area (Å²) in [6.07, 6.45) is 0. The highest BCUT2D eigenvalue weighted by molar-refractivity contribution is 7.71. The Balaban J connectivity index is 1.71. The minimum Gasteiger partial charge on any atom is -0.301 e. The summed E-state index contributed by atoms with van der Waals surface area (Å²) in [5, 5.41) is 5.64. The molecule has 152 valence electrons. The van der Waals surface area contributed by atoms with Crippen molar-refractivity contribution >= 4 is 23.8 Å². The van der Waals surface area contributed by atoms with E-state index in [1.807, 2.05) is 33.5 Å². The average Bonchev–Trinajstić information content (AvgIpc) is 3.06. The summed E-state index contributed by atoms with van der Waals surface area (Å²) >= 11 is 12.0. The third-order valence-electron chi connectivity index (χ3n) is 5.48. The van der Waals surface area contributed by atoms with Crippen LogP contribution in [0.2, 0.25) is 5.02 Å². The maximum absolute atomic E-state index is 6.10. The van der Waals surface area contributed by atoms with Crippen LogP contribution >= 0.6 is 23.8 Å². The number of aryl methyl sites for hydroxylation is 1. The lowest BCUT2D eigenvalue weighted by Crippen LogP contribution is -2.46. The molecule has 0 aliphatic carbocycles. The lowest BCUT2D eigenvalue weighted by atomic mass is 10.1. The molecule has 0 N–H and O–H groups in total. The zero-order valence-electron chi connectivity index (χ0n) is 16.9. The molecule has 3 aromatic rings. The second-order valence-electron chi connectivity index (χ2n) is 7.48. The molecule has 29 heavy (non-hydrogen) atoms. The zero-order chi connectivity index (χ0) is 20.4. The Bertz CT molecular complexity index is 1010. The van der Waals surface area contributed by atoms with E-state index in [-0.39, 0.29) is 0 Å². The van der Waals surface area contributed by atoms with E-state index in [9.17, 15) is 0 Å². The van der Waals surface area contributed by atoms with Crippen molar-refractivity contribution < 1.29 is 0 Å². The quantitative estimate of drug-likeness (QED) is 0.555. The molecular weight excluding hydrogens is 402 g/mol. The number of hydrogen-bond donors (Lipinski definition) is 0. The first-order chi connectivity index (χ1) is 14.0. The lowest BCUT2D eigenvalue weighted by Gasteiger charge is -2.33. The van der Waals surface area contributed by atoms with Gasteiger partial charge in [-0.15, -0.1) is 5.10 Å². The maximum atomic E-state index is 6.10. The Morgan fingerprint density at radius 3 is 2.17 bits per heavy atom. The van der Waals surface area contributed by atoms with E-state index in [2.05, 4.69) is 47.9 Å². The fourth-order valence-corrected chi connectivity index (χ4v) is 4.07. The van der Waals surface area contributed by atoms with E-state index in [0.29, 0.717) is 16.5 Å². The molecule has 0 saturated carbocycles. The van der Waals surface area contributed by atoms with Crippen molar-refractivity contribution in [2.24, 2.45) is 0 Å². The first-order valence-electron chi connectivity index (χ1n) is 10.0. The summed E-state index contributed by atoms with van der Waals surface area (Å²) in [5.74, 6) is 0.851. The third kappa shape index (κ3) is 4.46. The van der Waals surface area contributed by atoms with Crippen molar-refractivity contribution in [2.75, 3.05) is 32.7 Å². The molecule has 1 saturated heterocycles. The highest BCUT2D eigenvalue weighted by Gasteiger charge is 2.19. The summed E-state index contributed by atoms with van der Waals surface area (Å²) in [7, 11) is 0. The van der Waals surface area contributed by atoms with Crippen LogP contribution in [0.5, 0.6) is 0 Å². The molecular formula is C22H26ClN5S. The largest absolute Gasteiger partial charge is 0.301 e. The monoisotopic (exact) mass is 427 g/mol. The smallest absolute Gasteiger partial charge is 0.204 e. The van der Waals surface area contributed by atoms with Crippen LogP contribution < -0.4 is 0 Å². The van der Waals surface area contributed by atoms with Crippen molar-refractivity contribution in [1.82, 2.24) is 24.1 Å². The number of aromatic nitrogens is 3. The van der Waals surface area contributed by atoms with E-state index in [1.165, 1.54) is 5.56 Å². The predicted molar refractivity (Wildman–Crippen MR) is 121 cm³/mol. The maximum Gasteiger partial charge on any atom is 0.204 e. The van der Waals surface area contributed by atoms with Crippen LogP contribution in [-0.2, 0) is 6.67 Å². The zero-order valence-corrected chi connectivity index (χ0v) is 18.5. The van der Waals surface area contributed by atoms with E-state index in [4.69, 9.17) is 28.9 Å². The number of rotatable bonds is 5. The van der Waals surface area contributed by atoms with E-state index < -0.39 is 0 Å². The Kier molecular flexibility index (Phi) is 6.15. The van der Waals surface area contributed by atoms with Gasteiger partial charge in [0.2, 0.25) is 4.77 Å². The van der Waals surface area contributed by atoms with Gasteiger partial charge in [0.15, 0.2) is 5.82 Å². The van der Waals surface area contributed by atoms with E-state index in [1.54, 1.807) is 0 Å². The fraction of sp³-hybridized carbons (Fsp3) is 0.364. The van der Waals surface area contributed by atoms with Gasteiger partial charge in [-0.2, -0.15) is 0 Å². The number of benzene rings is 2. The van der Waals surface area contributed by atoms with Gasteiger partial charge < -0.3 is 4.90 Å². The van der Waals surface area contributed by atoms with Crippen LogP contribution in [0.25, 0.3) is 17.1 Å². The molecule has 1 aliphatic rings. The number of halogens is 1. The summed E-state index contributed by atoms with van der Waals surface area (Å²) < 4.78 is 4.68. The molecule has 5 nitrogen and oxygen atoms in total. The first-order valence-corrected chi connectivity index (χ1v) is 10.8.